The zero-order valence-corrected chi connectivity index (χ0v) is 8.57. The highest BCUT2D eigenvalue weighted by Crippen LogP contribution is 2.23. The van der Waals surface area contributed by atoms with Gasteiger partial charge in [0, 0.05) is 0 Å². The van der Waals surface area contributed by atoms with Gasteiger partial charge < -0.3 is 9.84 Å². The predicted molar refractivity (Wildman–Crippen MR) is 54.0 cm³/mol. The molecular weight excluding hydrogens is 218 g/mol. The summed E-state index contributed by atoms with van der Waals surface area (Å²) in [6.45, 7) is -0.0937. The fourth-order valence-electron chi connectivity index (χ4n) is 1.36. The lowest BCUT2D eigenvalue weighted by Crippen LogP contribution is -2.49. The molecular formula is C9H9NO4S. The van der Waals surface area contributed by atoms with Crippen LogP contribution >= 0.6 is 11.3 Å². The first kappa shape index (κ1) is 10.1. The first-order valence-electron chi connectivity index (χ1n) is 4.37. The van der Waals surface area contributed by atoms with Crippen LogP contribution < -0.4 is 4.90 Å². The molecule has 1 unspecified atom stereocenters. The number of rotatable bonds is 2. The largest absolute Gasteiger partial charge is 0.479 e. The summed E-state index contributed by atoms with van der Waals surface area (Å²) in [4.78, 5) is 23.6. The Balaban J connectivity index is 2.16. The fraction of sp³-hybridized carbons (Fsp3) is 0.333. The minimum atomic E-state index is -1.04. The van der Waals surface area contributed by atoms with Gasteiger partial charge in [-0.25, -0.2) is 4.79 Å². The minimum absolute atomic E-state index is 0.0781. The van der Waals surface area contributed by atoms with Gasteiger partial charge in [0.05, 0.1) is 11.5 Å². The average Bonchev–Trinajstić information content (AvgIpc) is 2.71. The number of anilines is 1. The molecule has 15 heavy (non-hydrogen) atoms. The third kappa shape index (κ3) is 2.00. The first-order chi connectivity index (χ1) is 7.18. The molecule has 0 radical (unpaired) electrons. The Bertz CT molecular complexity index is 375. The summed E-state index contributed by atoms with van der Waals surface area (Å²) in [6, 6.07) is 3.60. The van der Waals surface area contributed by atoms with E-state index in [2.05, 4.69) is 0 Å². The molecule has 1 fully saturated rings. The monoisotopic (exact) mass is 227 g/mol. The van der Waals surface area contributed by atoms with Crippen LogP contribution in [0, 0.1) is 0 Å². The molecule has 0 spiro atoms. The van der Waals surface area contributed by atoms with Crippen LogP contribution in [0.2, 0.25) is 0 Å². The number of amides is 1. The lowest BCUT2D eigenvalue weighted by atomic mass is 10.3. The number of hydrogen-bond donors (Lipinski definition) is 1. The molecule has 80 valence electrons. The van der Waals surface area contributed by atoms with E-state index < -0.39 is 12.1 Å². The second kappa shape index (κ2) is 4.00. The van der Waals surface area contributed by atoms with Crippen LogP contribution in [0.5, 0.6) is 0 Å². The van der Waals surface area contributed by atoms with E-state index in [1.165, 1.54) is 16.2 Å². The van der Waals surface area contributed by atoms with Crippen molar-refractivity contribution in [3.05, 3.63) is 17.5 Å². The molecule has 0 bridgehead atoms. The summed E-state index contributed by atoms with van der Waals surface area (Å²) in [5, 5.41) is 11.4. The van der Waals surface area contributed by atoms with Crippen molar-refractivity contribution < 1.29 is 19.4 Å². The topological polar surface area (TPSA) is 66.8 Å². The van der Waals surface area contributed by atoms with E-state index in [9.17, 15) is 9.59 Å². The van der Waals surface area contributed by atoms with Gasteiger partial charge in [-0.2, -0.15) is 0 Å². The van der Waals surface area contributed by atoms with Crippen molar-refractivity contribution in [2.45, 2.75) is 6.10 Å². The van der Waals surface area contributed by atoms with Crippen LogP contribution in [0.25, 0.3) is 0 Å². The zero-order valence-electron chi connectivity index (χ0n) is 7.75. The molecule has 2 heterocycles. The number of carboxylic acids is 1. The number of nitrogens with zero attached hydrogens (tertiary/aromatic N) is 1. The van der Waals surface area contributed by atoms with Crippen molar-refractivity contribution >= 4 is 28.2 Å². The van der Waals surface area contributed by atoms with Crippen LogP contribution in [0.3, 0.4) is 0 Å². The van der Waals surface area contributed by atoms with Gasteiger partial charge >= 0.3 is 5.97 Å². The van der Waals surface area contributed by atoms with Gasteiger partial charge in [-0.3, -0.25) is 9.69 Å². The molecule has 1 aliphatic rings. The SMILES string of the molecule is O=C(O)C1CN(c2cccs2)C(=O)CO1. The second-order valence-corrected chi connectivity index (χ2v) is 4.02. The van der Waals surface area contributed by atoms with Gasteiger partial charge in [0.2, 0.25) is 0 Å². The summed E-state index contributed by atoms with van der Waals surface area (Å²) in [6.07, 6.45) is -0.926. The maximum atomic E-state index is 11.5. The van der Waals surface area contributed by atoms with E-state index in [-0.39, 0.29) is 19.1 Å². The first-order valence-corrected chi connectivity index (χ1v) is 5.24. The molecule has 1 aliphatic heterocycles. The third-order valence-electron chi connectivity index (χ3n) is 2.11. The minimum Gasteiger partial charge on any atom is -0.479 e. The van der Waals surface area contributed by atoms with Gasteiger partial charge in [-0.15, -0.1) is 11.3 Å². The smallest absolute Gasteiger partial charge is 0.334 e. The highest BCUT2D eigenvalue weighted by molar-refractivity contribution is 7.14. The third-order valence-corrected chi connectivity index (χ3v) is 3.00. The number of carbonyl (C=O) groups is 2. The Labute approximate surface area is 89.9 Å². The quantitative estimate of drug-likeness (QED) is 0.801. The maximum absolute atomic E-state index is 11.5. The van der Waals surface area contributed by atoms with Gasteiger partial charge in [0.25, 0.3) is 5.91 Å². The molecule has 5 nitrogen and oxygen atoms in total. The van der Waals surface area contributed by atoms with Gasteiger partial charge in [-0.1, -0.05) is 0 Å². The van der Waals surface area contributed by atoms with Crippen LogP contribution in [-0.2, 0) is 14.3 Å². The number of thiophene rings is 1. The summed E-state index contributed by atoms with van der Waals surface area (Å²) >= 11 is 1.40. The van der Waals surface area contributed by atoms with Gasteiger partial charge in [0.1, 0.15) is 6.61 Å². The second-order valence-electron chi connectivity index (χ2n) is 3.09. The molecule has 1 aromatic heterocycles. The van der Waals surface area contributed by atoms with Gasteiger partial charge in [-0.05, 0) is 17.5 Å². The maximum Gasteiger partial charge on any atom is 0.334 e. The highest BCUT2D eigenvalue weighted by Gasteiger charge is 2.31. The molecule has 1 N–H and O–H groups in total. The number of hydrogen-bond acceptors (Lipinski definition) is 4. The fourth-order valence-corrected chi connectivity index (χ4v) is 2.11. The summed E-state index contributed by atoms with van der Waals surface area (Å²) in [5.41, 5.74) is 0. The Morgan fingerprint density at radius 3 is 3.07 bits per heavy atom. The van der Waals surface area contributed by atoms with Crippen molar-refractivity contribution in [1.29, 1.82) is 0 Å². The average molecular weight is 227 g/mol. The van der Waals surface area contributed by atoms with Crippen LogP contribution in [-0.4, -0.2) is 36.2 Å². The Kier molecular flexibility index (Phi) is 2.70. The molecule has 1 aromatic rings. The number of ether oxygens (including phenoxy) is 1. The van der Waals surface area contributed by atoms with Crippen LogP contribution in [0.4, 0.5) is 5.00 Å². The van der Waals surface area contributed by atoms with E-state index in [1.54, 1.807) is 6.07 Å². The Hall–Kier alpha value is -1.40. The van der Waals surface area contributed by atoms with E-state index in [4.69, 9.17) is 9.84 Å². The van der Waals surface area contributed by atoms with Crippen molar-refractivity contribution in [2.24, 2.45) is 0 Å². The molecule has 1 saturated heterocycles. The van der Waals surface area contributed by atoms with Crippen LogP contribution in [0.15, 0.2) is 17.5 Å². The Morgan fingerprint density at radius 2 is 2.47 bits per heavy atom. The molecule has 0 aromatic carbocycles. The summed E-state index contributed by atoms with van der Waals surface area (Å²) in [7, 11) is 0. The van der Waals surface area contributed by atoms with Crippen molar-refractivity contribution in [3.8, 4) is 0 Å². The van der Waals surface area contributed by atoms with Crippen molar-refractivity contribution in [1.82, 2.24) is 0 Å². The highest BCUT2D eigenvalue weighted by atomic mass is 32.1. The number of carboxylic acid groups (broad SMARTS) is 1. The number of carbonyl (C=O) groups excluding carboxylic acids is 1. The van der Waals surface area contributed by atoms with Crippen LogP contribution in [0.1, 0.15) is 0 Å². The lowest BCUT2D eigenvalue weighted by Gasteiger charge is -2.29. The molecule has 0 aliphatic carbocycles. The van der Waals surface area contributed by atoms with Crippen molar-refractivity contribution in [2.75, 3.05) is 18.1 Å². The number of morpholine rings is 1. The molecule has 2 rings (SSSR count). The molecule has 1 amide bonds. The predicted octanol–water partition coefficient (Wildman–Crippen LogP) is 0.565. The van der Waals surface area contributed by atoms with E-state index >= 15 is 0 Å². The summed E-state index contributed by atoms with van der Waals surface area (Å²) in [5.74, 6) is -1.24. The molecule has 0 saturated carbocycles. The normalized spacial score (nSPS) is 21.7. The zero-order chi connectivity index (χ0) is 10.8. The number of aliphatic carboxylic acids is 1. The van der Waals surface area contributed by atoms with E-state index in [0.29, 0.717) is 0 Å². The summed E-state index contributed by atoms with van der Waals surface area (Å²) < 4.78 is 4.89. The van der Waals surface area contributed by atoms with Gasteiger partial charge in [0.15, 0.2) is 6.10 Å². The molecule has 6 heteroatoms. The van der Waals surface area contributed by atoms with Crippen molar-refractivity contribution in [3.63, 3.8) is 0 Å². The standard InChI is InChI=1S/C9H9NO4S/c11-7-5-14-6(9(12)13)4-10(7)8-2-1-3-15-8/h1-3,6H,4-5H2,(H,12,13). The van der Waals surface area contributed by atoms with E-state index in [0.717, 1.165) is 5.00 Å². The van der Waals surface area contributed by atoms with E-state index in [1.807, 2.05) is 11.4 Å². The Morgan fingerprint density at radius 1 is 1.67 bits per heavy atom. The molecule has 1 atom stereocenters. The lowest BCUT2D eigenvalue weighted by molar-refractivity contribution is -0.154.